The third-order valence-corrected chi connectivity index (χ3v) is 8.52. The maximum absolute atomic E-state index is 13.6. The number of nitrogens with one attached hydrogen (secondary N) is 1. The number of methoxy groups -OCH3 is 1. The van der Waals surface area contributed by atoms with Crippen LogP contribution in [0.4, 0.5) is 0 Å². The van der Waals surface area contributed by atoms with E-state index in [1.165, 1.54) is 41.5 Å². The highest BCUT2D eigenvalue weighted by molar-refractivity contribution is 5.83. The van der Waals surface area contributed by atoms with Gasteiger partial charge in [-0.15, -0.1) is 0 Å². The first-order valence-corrected chi connectivity index (χ1v) is 11.9. The Kier molecular flexibility index (Phi) is 5.11. The van der Waals surface area contributed by atoms with Crippen LogP contribution in [0.3, 0.4) is 0 Å². The highest BCUT2D eigenvalue weighted by Gasteiger charge is 2.60. The Balaban J connectivity index is 1.31. The summed E-state index contributed by atoms with van der Waals surface area (Å²) < 4.78 is 5.24. The van der Waals surface area contributed by atoms with Crippen molar-refractivity contribution >= 4 is 5.91 Å². The fourth-order valence-corrected chi connectivity index (χ4v) is 7.24. The number of benzene rings is 2. The minimum atomic E-state index is -0.164. The summed E-state index contributed by atoms with van der Waals surface area (Å²) in [5, 5.41) is 3.34. The zero-order chi connectivity index (χ0) is 21.6. The molecule has 4 bridgehead atoms. The molecule has 2 unspecified atom stereocenters. The van der Waals surface area contributed by atoms with Gasteiger partial charge in [-0.3, -0.25) is 4.79 Å². The Morgan fingerprint density at radius 1 is 1.00 bits per heavy atom. The summed E-state index contributed by atoms with van der Waals surface area (Å²) in [5.41, 5.74) is 5.50. The van der Waals surface area contributed by atoms with Crippen LogP contribution >= 0.6 is 0 Å². The van der Waals surface area contributed by atoms with E-state index in [-0.39, 0.29) is 10.8 Å². The van der Waals surface area contributed by atoms with E-state index in [0.717, 1.165) is 31.4 Å². The number of aryl methyl sites for hydroxylation is 2. The molecule has 31 heavy (non-hydrogen) atoms. The molecule has 1 amide bonds. The van der Waals surface area contributed by atoms with E-state index in [4.69, 9.17) is 4.74 Å². The molecule has 4 aliphatic rings. The van der Waals surface area contributed by atoms with Crippen LogP contribution < -0.4 is 10.1 Å². The molecule has 0 radical (unpaired) electrons. The summed E-state index contributed by atoms with van der Waals surface area (Å²) in [6.45, 7) is 5.12. The van der Waals surface area contributed by atoms with Crippen LogP contribution in [-0.4, -0.2) is 19.6 Å². The maximum Gasteiger partial charge on any atom is 0.226 e. The van der Waals surface area contributed by atoms with Gasteiger partial charge in [0.25, 0.3) is 0 Å². The van der Waals surface area contributed by atoms with E-state index < -0.39 is 0 Å². The van der Waals surface area contributed by atoms with E-state index in [9.17, 15) is 4.79 Å². The van der Waals surface area contributed by atoms with Crippen molar-refractivity contribution in [3.63, 3.8) is 0 Å². The van der Waals surface area contributed by atoms with Crippen molar-refractivity contribution in [1.82, 2.24) is 5.32 Å². The van der Waals surface area contributed by atoms with Gasteiger partial charge in [-0.25, -0.2) is 0 Å². The average Bonchev–Trinajstić information content (AvgIpc) is 2.75. The zero-order valence-electron chi connectivity index (χ0n) is 19.2. The first-order valence-electron chi connectivity index (χ1n) is 11.9. The van der Waals surface area contributed by atoms with Crippen LogP contribution in [0, 0.1) is 31.1 Å². The van der Waals surface area contributed by atoms with Gasteiger partial charge >= 0.3 is 0 Å². The molecule has 4 saturated carbocycles. The standard InChI is InChI=1S/C28H35NO2/c1-19-4-7-24(12-20(19)2)27-14-22-13-23(15-27)17-28(16-22,18-27)26(30)29-11-10-21-5-8-25(31-3)9-6-21/h4-9,12,22-23H,10-11,13-18H2,1-3H3,(H,29,30)/t22-,23+,27?,28?. The van der Waals surface area contributed by atoms with Crippen molar-refractivity contribution in [2.24, 2.45) is 17.3 Å². The molecular formula is C28H35NO2. The quantitative estimate of drug-likeness (QED) is 0.673. The number of amides is 1. The number of hydrogen-bond donors (Lipinski definition) is 1. The molecule has 0 spiro atoms. The predicted octanol–water partition coefficient (Wildman–Crippen LogP) is 5.51. The van der Waals surface area contributed by atoms with Crippen LogP contribution in [0.25, 0.3) is 0 Å². The van der Waals surface area contributed by atoms with Gasteiger partial charge in [0.15, 0.2) is 0 Å². The first-order chi connectivity index (χ1) is 14.9. The molecule has 2 aromatic rings. The van der Waals surface area contributed by atoms with Gasteiger partial charge in [-0.2, -0.15) is 0 Å². The average molecular weight is 418 g/mol. The summed E-state index contributed by atoms with van der Waals surface area (Å²) in [6.07, 6.45) is 7.94. The number of rotatable bonds is 6. The topological polar surface area (TPSA) is 38.3 Å². The van der Waals surface area contributed by atoms with E-state index in [2.05, 4.69) is 49.5 Å². The summed E-state index contributed by atoms with van der Waals surface area (Å²) in [5.74, 6) is 2.59. The molecule has 3 nitrogen and oxygen atoms in total. The molecule has 4 fully saturated rings. The lowest BCUT2D eigenvalue weighted by atomic mass is 9.42. The van der Waals surface area contributed by atoms with Gasteiger partial charge in [0.05, 0.1) is 12.5 Å². The molecule has 0 aliphatic heterocycles. The lowest BCUT2D eigenvalue weighted by Crippen LogP contribution is -2.59. The fourth-order valence-electron chi connectivity index (χ4n) is 7.24. The van der Waals surface area contributed by atoms with Gasteiger partial charge in [0.2, 0.25) is 5.91 Å². The van der Waals surface area contributed by atoms with Crippen molar-refractivity contribution in [2.45, 2.75) is 64.2 Å². The van der Waals surface area contributed by atoms with Crippen molar-refractivity contribution in [3.05, 3.63) is 64.7 Å². The van der Waals surface area contributed by atoms with Crippen LogP contribution in [0.15, 0.2) is 42.5 Å². The van der Waals surface area contributed by atoms with Crippen LogP contribution in [-0.2, 0) is 16.6 Å². The maximum atomic E-state index is 13.6. The number of ether oxygens (including phenoxy) is 1. The summed E-state index contributed by atoms with van der Waals surface area (Å²) >= 11 is 0. The molecule has 4 atom stereocenters. The van der Waals surface area contributed by atoms with E-state index in [1.54, 1.807) is 7.11 Å². The molecule has 0 aromatic heterocycles. The molecule has 2 aromatic carbocycles. The van der Waals surface area contributed by atoms with Gasteiger partial charge in [-0.05, 0) is 110 Å². The number of carbonyl (C=O) groups excluding carboxylic acids is 1. The van der Waals surface area contributed by atoms with Gasteiger partial charge in [-0.1, -0.05) is 30.3 Å². The molecule has 164 valence electrons. The largest absolute Gasteiger partial charge is 0.497 e. The summed E-state index contributed by atoms with van der Waals surface area (Å²) in [4.78, 5) is 13.6. The van der Waals surface area contributed by atoms with Crippen LogP contribution in [0.5, 0.6) is 5.75 Å². The highest BCUT2D eigenvalue weighted by Crippen LogP contribution is 2.65. The molecule has 1 N–H and O–H groups in total. The van der Waals surface area contributed by atoms with E-state index in [0.29, 0.717) is 24.3 Å². The lowest BCUT2D eigenvalue weighted by molar-refractivity contribution is -0.149. The smallest absolute Gasteiger partial charge is 0.226 e. The third kappa shape index (κ3) is 3.66. The Morgan fingerprint density at radius 3 is 2.35 bits per heavy atom. The molecular weight excluding hydrogens is 382 g/mol. The summed E-state index contributed by atoms with van der Waals surface area (Å²) in [6, 6.07) is 15.2. The van der Waals surface area contributed by atoms with Crippen molar-refractivity contribution in [2.75, 3.05) is 13.7 Å². The number of carbonyl (C=O) groups is 1. The van der Waals surface area contributed by atoms with Crippen molar-refractivity contribution < 1.29 is 9.53 Å². The second-order valence-electron chi connectivity index (χ2n) is 10.7. The molecule has 6 rings (SSSR count). The van der Waals surface area contributed by atoms with Gasteiger partial charge in [0.1, 0.15) is 5.75 Å². The first kappa shape index (κ1) is 20.6. The van der Waals surface area contributed by atoms with Gasteiger partial charge in [0, 0.05) is 6.54 Å². The van der Waals surface area contributed by atoms with Crippen molar-refractivity contribution in [3.8, 4) is 5.75 Å². The zero-order valence-corrected chi connectivity index (χ0v) is 19.2. The van der Waals surface area contributed by atoms with E-state index in [1.807, 2.05) is 12.1 Å². The minimum Gasteiger partial charge on any atom is -0.497 e. The molecule has 0 saturated heterocycles. The Morgan fingerprint density at radius 2 is 1.71 bits per heavy atom. The Bertz CT molecular complexity index is 963. The van der Waals surface area contributed by atoms with Gasteiger partial charge < -0.3 is 10.1 Å². The monoisotopic (exact) mass is 417 g/mol. The summed E-state index contributed by atoms with van der Waals surface area (Å²) in [7, 11) is 1.69. The molecule has 3 heteroatoms. The normalized spacial score (nSPS) is 30.9. The second kappa shape index (κ2) is 7.69. The highest BCUT2D eigenvalue weighted by atomic mass is 16.5. The SMILES string of the molecule is COc1ccc(CCNC(=O)C23C[C@H]4C[C@@H](C2)CC(c2ccc(C)c(C)c2)(C4)C3)cc1. The second-order valence-corrected chi connectivity index (χ2v) is 10.7. The van der Waals surface area contributed by atoms with Crippen molar-refractivity contribution in [1.29, 1.82) is 0 Å². The van der Waals surface area contributed by atoms with Crippen LogP contribution in [0.2, 0.25) is 0 Å². The van der Waals surface area contributed by atoms with E-state index >= 15 is 0 Å². The lowest BCUT2D eigenvalue weighted by Gasteiger charge is -2.61. The third-order valence-electron chi connectivity index (χ3n) is 8.52. The Hall–Kier alpha value is -2.29. The molecule has 0 heterocycles. The number of hydrogen-bond acceptors (Lipinski definition) is 2. The molecule has 4 aliphatic carbocycles. The predicted molar refractivity (Wildman–Crippen MR) is 124 cm³/mol. The van der Waals surface area contributed by atoms with Crippen LogP contribution in [0.1, 0.15) is 60.8 Å². The minimum absolute atomic E-state index is 0.164. The fraction of sp³-hybridized carbons (Fsp3) is 0.536. The Labute approximate surface area is 186 Å².